The first-order chi connectivity index (χ1) is 11.9. The summed E-state index contributed by atoms with van der Waals surface area (Å²) >= 11 is 3.48. The van der Waals surface area contributed by atoms with Gasteiger partial charge in [-0.25, -0.2) is 4.39 Å². The van der Waals surface area contributed by atoms with Gasteiger partial charge in [0.25, 0.3) is 0 Å². The zero-order valence-electron chi connectivity index (χ0n) is 14.7. The summed E-state index contributed by atoms with van der Waals surface area (Å²) in [6.45, 7) is 3.08. The molecule has 6 heteroatoms. The molecule has 1 saturated carbocycles. The molecule has 0 spiro atoms. The third kappa shape index (κ3) is 4.07. The molecule has 1 heterocycles. The number of fused-ring (bicyclic) bond motifs is 1. The van der Waals surface area contributed by atoms with Crippen LogP contribution in [0.15, 0.2) is 16.6 Å². The maximum Gasteiger partial charge on any atom is 0.237 e. The maximum absolute atomic E-state index is 14.3. The molecule has 138 valence electrons. The second-order valence-electron chi connectivity index (χ2n) is 7.32. The Bertz CT molecular complexity index is 647. The predicted molar refractivity (Wildman–Crippen MR) is 98.8 cm³/mol. The maximum atomic E-state index is 14.3. The quantitative estimate of drug-likeness (QED) is 0.797. The number of rotatable bonds is 4. The fraction of sp³-hybridized carbons (Fsp3) is 0.632. The zero-order chi connectivity index (χ0) is 18.0. The summed E-state index contributed by atoms with van der Waals surface area (Å²) in [6, 6.07) is 2.89. The van der Waals surface area contributed by atoms with Gasteiger partial charge in [0.2, 0.25) is 5.91 Å². The van der Waals surface area contributed by atoms with Crippen molar-refractivity contribution in [2.45, 2.75) is 57.1 Å². The smallest absolute Gasteiger partial charge is 0.237 e. The highest BCUT2D eigenvalue weighted by Crippen LogP contribution is 2.35. The molecule has 1 aliphatic heterocycles. The van der Waals surface area contributed by atoms with Crippen LogP contribution in [0.3, 0.4) is 0 Å². The molecule has 2 N–H and O–H groups in total. The molecule has 1 fully saturated rings. The summed E-state index contributed by atoms with van der Waals surface area (Å²) in [4.78, 5) is 14.3. The predicted octanol–water partition coefficient (Wildman–Crippen LogP) is 3.32. The summed E-state index contributed by atoms with van der Waals surface area (Å²) in [5, 5.41) is 13.6. The molecule has 1 aromatic carbocycles. The van der Waals surface area contributed by atoms with E-state index < -0.39 is 5.60 Å². The van der Waals surface area contributed by atoms with Crippen molar-refractivity contribution in [1.82, 2.24) is 10.2 Å². The molecule has 1 amide bonds. The number of halogens is 2. The molecule has 1 atom stereocenters. The van der Waals surface area contributed by atoms with Gasteiger partial charge in [0.15, 0.2) is 0 Å². The SMILES string of the molecule is CC1c2c(F)ccc(Br)c2CCN1C(=O)CNCC1(O)CCCCC1. The van der Waals surface area contributed by atoms with Gasteiger partial charge in [-0.15, -0.1) is 0 Å². The normalized spacial score (nSPS) is 22.6. The van der Waals surface area contributed by atoms with Crippen molar-refractivity contribution in [1.29, 1.82) is 0 Å². The highest BCUT2D eigenvalue weighted by Gasteiger charge is 2.32. The minimum absolute atomic E-state index is 0.0445. The summed E-state index contributed by atoms with van der Waals surface area (Å²) in [7, 11) is 0. The van der Waals surface area contributed by atoms with Crippen LogP contribution in [0.4, 0.5) is 4.39 Å². The molecule has 1 aliphatic carbocycles. The fourth-order valence-electron chi connectivity index (χ4n) is 4.13. The number of hydrogen-bond acceptors (Lipinski definition) is 3. The van der Waals surface area contributed by atoms with E-state index >= 15 is 0 Å². The Morgan fingerprint density at radius 3 is 2.84 bits per heavy atom. The fourth-order valence-corrected chi connectivity index (χ4v) is 4.67. The molecular formula is C19H26BrFN2O2. The molecule has 0 bridgehead atoms. The highest BCUT2D eigenvalue weighted by atomic mass is 79.9. The van der Waals surface area contributed by atoms with E-state index in [4.69, 9.17) is 0 Å². The van der Waals surface area contributed by atoms with Crippen LogP contribution in [0.5, 0.6) is 0 Å². The van der Waals surface area contributed by atoms with Crippen LogP contribution in [0, 0.1) is 5.82 Å². The van der Waals surface area contributed by atoms with Crippen molar-refractivity contribution < 1.29 is 14.3 Å². The van der Waals surface area contributed by atoms with Gasteiger partial charge in [-0.3, -0.25) is 4.79 Å². The first-order valence-corrected chi connectivity index (χ1v) is 9.90. The molecule has 3 rings (SSSR count). The molecule has 0 aromatic heterocycles. The van der Waals surface area contributed by atoms with Crippen LogP contribution in [-0.2, 0) is 11.2 Å². The largest absolute Gasteiger partial charge is 0.389 e. The van der Waals surface area contributed by atoms with Gasteiger partial charge in [-0.1, -0.05) is 35.2 Å². The Morgan fingerprint density at radius 1 is 1.40 bits per heavy atom. The van der Waals surface area contributed by atoms with Gasteiger partial charge in [-0.05, 0) is 43.9 Å². The van der Waals surface area contributed by atoms with Gasteiger partial charge in [0.1, 0.15) is 5.82 Å². The van der Waals surface area contributed by atoms with E-state index in [1.807, 2.05) is 6.92 Å². The molecule has 1 aromatic rings. The van der Waals surface area contributed by atoms with Gasteiger partial charge < -0.3 is 15.3 Å². The van der Waals surface area contributed by atoms with Crippen molar-refractivity contribution in [3.8, 4) is 0 Å². The number of nitrogens with zero attached hydrogens (tertiary/aromatic N) is 1. The Balaban J connectivity index is 1.60. The number of aliphatic hydroxyl groups is 1. The number of benzene rings is 1. The topological polar surface area (TPSA) is 52.6 Å². The second-order valence-corrected chi connectivity index (χ2v) is 8.18. The van der Waals surface area contributed by atoms with Gasteiger partial charge >= 0.3 is 0 Å². The molecule has 0 radical (unpaired) electrons. The molecule has 2 aliphatic rings. The van der Waals surface area contributed by atoms with Gasteiger partial charge in [0, 0.05) is 23.1 Å². The monoisotopic (exact) mass is 412 g/mol. The summed E-state index contributed by atoms with van der Waals surface area (Å²) in [6.07, 6.45) is 5.49. The lowest BCUT2D eigenvalue weighted by Crippen LogP contribution is -2.48. The van der Waals surface area contributed by atoms with Crippen LogP contribution < -0.4 is 5.32 Å². The number of nitrogens with one attached hydrogen (secondary N) is 1. The lowest BCUT2D eigenvalue weighted by Gasteiger charge is -2.37. The minimum Gasteiger partial charge on any atom is -0.389 e. The first-order valence-electron chi connectivity index (χ1n) is 9.11. The summed E-state index contributed by atoms with van der Waals surface area (Å²) in [5.74, 6) is -0.301. The third-order valence-electron chi connectivity index (χ3n) is 5.57. The van der Waals surface area contributed by atoms with E-state index in [0.717, 1.165) is 35.7 Å². The average molecular weight is 413 g/mol. The van der Waals surface area contributed by atoms with Crippen molar-refractivity contribution in [3.05, 3.63) is 33.5 Å². The lowest BCUT2D eigenvalue weighted by molar-refractivity contribution is -0.133. The Labute approximate surface area is 156 Å². The molecule has 0 saturated heterocycles. The van der Waals surface area contributed by atoms with Gasteiger partial charge in [-0.2, -0.15) is 0 Å². The van der Waals surface area contributed by atoms with Crippen molar-refractivity contribution in [2.24, 2.45) is 0 Å². The van der Waals surface area contributed by atoms with E-state index in [-0.39, 0.29) is 24.3 Å². The first kappa shape index (κ1) is 18.8. The van der Waals surface area contributed by atoms with E-state index in [1.54, 1.807) is 11.0 Å². The molecule has 1 unspecified atom stereocenters. The zero-order valence-corrected chi connectivity index (χ0v) is 16.2. The molecular weight excluding hydrogens is 387 g/mol. The highest BCUT2D eigenvalue weighted by molar-refractivity contribution is 9.10. The van der Waals surface area contributed by atoms with Crippen molar-refractivity contribution in [3.63, 3.8) is 0 Å². The average Bonchev–Trinajstić information content (AvgIpc) is 2.58. The minimum atomic E-state index is -0.685. The number of carbonyl (C=O) groups is 1. The molecule has 4 nitrogen and oxygen atoms in total. The van der Waals surface area contributed by atoms with E-state index in [1.165, 1.54) is 12.5 Å². The Morgan fingerprint density at radius 2 is 2.12 bits per heavy atom. The number of hydrogen-bond donors (Lipinski definition) is 2. The van der Waals surface area contributed by atoms with Crippen LogP contribution in [-0.4, -0.2) is 41.1 Å². The Kier molecular flexibility index (Phi) is 5.81. The van der Waals surface area contributed by atoms with E-state index in [2.05, 4.69) is 21.2 Å². The molecule has 25 heavy (non-hydrogen) atoms. The lowest BCUT2D eigenvalue weighted by atomic mass is 9.85. The van der Waals surface area contributed by atoms with Crippen LogP contribution >= 0.6 is 15.9 Å². The van der Waals surface area contributed by atoms with E-state index in [9.17, 15) is 14.3 Å². The van der Waals surface area contributed by atoms with Crippen molar-refractivity contribution in [2.75, 3.05) is 19.6 Å². The van der Waals surface area contributed by atoms with Crippen molar-refractivity contribution >= 4 is 21.8 Å². The van der Waals surface area contributed by atoms with Crippen LogP contribution in [0.25, 0.3) is 0 Å². The Hall–Kier alpha value is -0.980. The summed E-state index contributed by atoms with van der Waals surface area (Å²) < 4.78 is 15.2. The number of carbonyl (C=O) groups excluding carboxylic acids is 1. The van der Waals surface area contributed by atoms with E-state index in [0.29, 0.717) is 25.1 Å². The van der Waals surface area contributed by atoms with Crippen LogP contribution in [0.2, 0.25) is 0 Å². The second kappa shape index (κ2) is 7.72. The third-order valence-corrected chi connectivity index (χ3v) is 6.31. The summed E-state index contributed by atoms with van der Waals surface area (Å²) in [5.41, 5.74) is 0.885. The van der Waals surface area contributed by atoms with Crippen LogP contribution in [0.1, 0.15) is 56.2 Å². The number of amides is 1. The standard InChI is InChI=1S/C19H26BrFN2O2/c1-13-18-14(15(20)5-6-16(18)21)7-10-23(13)17(24)11-22-12-19(25)8-3-2-4-9-19/h5-6,13,22,25H,2-4,7-12H2,1H3. The van der Waals surface area contributed by atoms with Gasteiger partial charge in [0.05, 0.1) is 18.2 Å².